The zero-order valence-corrected chi connectivity index (χ0v) is 47.8. The molecule has 0 bridgehead atoms. The Bertz CT molecular complexity index is 3240. The Hall–Kier alpha value is -7.12. The van der Waals surface area contributed by atoms with Gasteiger partial charge >= 0.3 is 10.6 Å². The van der Waals surface area contributed by atoms with E-state index in [1.807, 2.05) is 0 Å². The van der Waals surface area contributed by atoms with Gasteiger partial charge in [0.05, 0.1) is 0 Å². The largest absolute Gasteiger partial charge is 0.425 e. The van der Waals surface area contributed by atoms with E-state index in [0.29, 0.717) is 0 Å². The summed E-state index contributed by atoms with van der Waals surface area (Å²) >= 11 is 0. The molecule has 0 aliphatic carbocycles. The monoisotopic (exact) mass is 1090 g/mol. The molecule has 0 unspecified atom stereocenters. The van der Waals surface area contributed by atoms with Gasteiger partial charge in [0.1, 0.15) is 13.1 Å². The van der Waals surface area contributed by atoms with Crippen LogP contribution in [0.2, 0.25) is 0 Å². The van der Waals surface area contributed by atoms with Crippen molar-refractivity contribution in [2.45, 2.75) is 92.9 Å². The minimum atomic E-state index is -3.11. The number of anilines is 7. The third-order valence-electron chi connectivity index (χ3n) is 16.0. The van der Waals surface area contributed by atoms with E-state index in [-0.39, 0.29) is 0 Å². The van der Waals surface area contributed by atoms with Gasteiger partial charge in [-0.1, -0.05) is 42.5 Å². The Kier molecular flexibility index (Phi) is 20.3. The molecule has 0 amide bonds. The van der Waals surface area contributed by atoms with Gasteiger partial charge in [0.15, 0.2) is 6.68 Å². The lowest BCUT2D eigenvalue weighted by molar-refractivity contribution is 0.142. The maximum Gasteiger partial charge on any atom is 0.425 e. The van der Waals surface area contributed by atoms with Gasteiger partial charge < -0.3 is 37.7 Å². The molecule has 0 spiro atoms. The maximum atomic E-state index is 9.58. The van der Waals surface area contributed by atoms with Gasteiger partial charge in [-0.15, -0.1) is 12.6 Å². The third-order valence-corrected chi connectivity index (χ3v) is 16.0. The summed E-state index contributed by atoms with van der Waals surface area (Å²) in [6.45, 7) is 20.9. The molecule has 0 aromatic heterocycles. The quantitative estimate of drug-likeness (QED) is 0.0508. The predicted octanol–water partition coefficient (Wildman–Crippen LogP) is 13.0. The van der Waals surface area contributed by atoms with Gasteiger partial charge in [0.2, 0.25) is 5.36 Å². The van der Waals surface area contributed by atoms with Gasteiger partial charge in [0.25, 0.3) is 0 Å². The summed E-state index contributed by atoms with van der Waals surface area (Å²) < 4.78 is 56.7. The van der Waals surface area contributed by atoms with Gasteiger partial charge in [-0.05, 0) is 221 Å². The van der Waals surface area contributed by atoms with Crippen LogP contribution in [0.3, 0.4) is 0 Å². The van der Waals surface area contributed by atoms with E-state index >= 15 is 0 Å². The van der Waals surface area contributed by atoms with Gasteiger partial charge in [-0.25, -0.2) is 4.58 Å². The van der Waals surface area contributed by atoms with Crippen LogP contribution in [0.15, 0.2) is 140 Å². The Morgan fingerprint density at radius 1 is 0.519 bits per heavy atom. The van der Waals surface area contributed by atoms with Crippen LogP contribution in [0.1, 0.15) is 106 Å². The van der Waals surface area contributed by atoms with E-state index in [2.05, 4.69) is 210 Å². The smallest absolute Gasteiger partial charge is 0.385 e. The van der Waals surface area contributed by atoms with Crippen LogP contribution in [-0.2, 0) is 36.3 Å². The first kappa shape index (κ1) is 58.0. The second kappa shape index (κ2) is 27.7. The second-order valence-corrected chi connectivity index (χ2v) is 20.8. The zero-order valence-electron chi connectivity index (χ0n) is 47.0. The van der Waals surface area contributed by atoms with E-state index < -0.39 is 17.3 Å². The van der Waals surface area contributed by atoms with E-state index in [9.17, 15) is 13.2 Å². The number of hydrogen-bond acceptors (Lipinski definition) is 8. The van der Waals surface area contributed by atoms with Crippen molar-refractivity contribution in [3.8, 4) is 0 Å². The van der Waals surface area contributed by atoms with Crippen molar-refractivity contribution in [2.75, 3.05) is 89.9 Å². The maximum absolute atomic E-state index is 9.58. The minimum Gasteiger partial charge on any atom is -0.385 e. The van der Waals surface area contributed by atoms with Gasteiger partial charge in [0, 0.05) is 116 Å². The fourth-order valence-electron chi connectivity index (χ4n) is 12.4. The minimum absolute atomic E-state index is 0.892. The van der Waals surface area contributed by atoms with Crippen LogP contribution in [0.25, 0.3) is 11.1 Å². The highest BCUT2D eigenvalue weighted by atomic mass is 32.2. The predicted molar refractivity (Wildman–Crippen MR) is 322 cm³/mol. The number of allylic oxidation sites excluding steroid dienone is 3. The van der Waals surface area contributed by atoms with E-state index in [0.717, 1.165) is 65.0 Å². The molecule has 0 saturated carbocycles. The summed E-state index contributed by atoms with van der Waals surface area (Å²) in [6, 6.07) is 47.1. The van der Waals surface area contributed by atoms with Gasteiger partial charge in [-0.3, -0.25) is 0 Å². The molecule has 0 saturated heterocycles. The SMILES string of the molecule is CCN(CC)c1ccc(N(CC)c2ccc(C(/C=C/C=C(/c3ccc(N(CC)c4ccc(N(CC)CC)cc4)cc3)c3cc4c5c(c3)CCCN5CCC4)=c3cc4c5c(c3)CCC[N+]=5CCC4)cc2)cc1.F[C-](F)F.O=S(=O)=O. The first-order valence-electron chi connectivity index (χ1n) is 28.5. The molecular weight excluding hydrogens is 1010 g/mol. The molecule has 13 heteroatoms. The summed E-state index contributed by atoms with van der Waals surface area (Å²) in [5.74, 6) is 0. The molecule has 4 heterocycles. The molecule has 4 aliphatic rings. The summed E-state index contributed by atoms with van der Waals surface area (Å²) in [5.41, 5.74) is 21.4. The van der Waals surface area contributed by atoms with Crippen molar-refractivity contribution >= 4 is 61.6 Å². The summed E-state index contributed by atoms with van der Waals surface area (Å²) in [5, 5.41) is 2.85. The van der Waals surface area contributed by atoms with Crippen molar-refractivity contribution in [1.29, 1.82) is 0 Å². The molecular formula is C66H77F3N6O3S. The van der Waals surface area contributed by atoms with E-state index in [1.165, 1.54) is 152 Å². The van der Waals surface area contributed by atoms with Crippen molar-refractivity contribution < 1.29 is 25.8 Å². The van der Waals surface area contributed by atoms with Crippen molar-refractivity contribution in [1.82, 2.24) is 4.58 Å². The molecule has 416 valence electrons. The van der Waals surface area contributed by atoms with Crippen LogP contribution in [0, 0.1) is 6.68 Å². The molecule has 0 N–H and O–H groups in total. The Morgan fingerprint density at radius 3 is 1.30 bits per heavy atom. The highest BCUT2D eigenvalue weighted by Gasteiger charge is 2.26. The van der Waals surface area contributed by atoms with Crippen LogP contribution >= 0.6 is 0 Å². The molecule has 9 nitrogen and oxygen atoms in total. The molecule has 4 aliphatic heterocycles. The number of nitrogens with zero attached hydrogens (tertiary/aromatic N) is 6. The van der Waals surface area contributed by atoms with Crippen molar-refractivity contribution in [2.24, 2.45) is 0 Å². The van der Waals surface area contributed by atoms with Crippen LogP contribution in [0.4, 0.5) is 53.0 Å². The van der Waals surface area contributed by atoms with Crippen molar-refractivity contribution in [3.63, 3.8) is 0 Å². The number of halogens is 3. The third kappa shape index (κ3) is 14.0. The number of aryl methyl sites for hydroxylation is 4. The number of benzene rings is 6. The Labute approximate surface area is 468 Å². The molecule has 79 heavy (non-hydrogen) atoms. The van der Waals surface area contributed by atoms with E-state index in [4.69, 9.17) is 12.6 Å². The molecule has 0 atom stereocenters. The Balaban J connectivity index is 0.000000963. The molecule has 0 fully saturated rings. The number of hydrogen-bond donors (Lipinski definition) is 0. The number of rotatable bonds is 17. The second-order valence-electron chi connectivity index (χ2n) is 20.4. The zero-order chi connectivity index (χ0) is 56.0. The standard InChI is InChI=1S/C65H77N6.CF3.O3S/c1-7-66(8-2)56-32-36-60(37-33-56)70(11-5)58-28-24-48(25-29-58)62(54-44-50-18-14-40-68-41-15-19-51(45-54)64(50)68)22-13-23-63(55-46-52-20-16-42-69-43-17-21-53(47-55)65(52)69)49-26-30-59(31-27-49)71(12-6)61-38-34-57(35-39-61)67(9-3)10-4;2-1(3)4;1-4(2)3/h13,22-39,44-47H,7-12,14-21,40-43H2,1-6H3;;/q+1;-1;. The molecule has 10 rings (SSSR count). The van der Waals surface area contributed by atoms with Crippen molar-refractivity contribution in [3.05, 3.63) is 196 Å². The molecule has 0 radical (unpaired) electrons. The van der Waals surface area contributed by atoms with Crippen LogP contribution in [-0.4, -0.2) is 78.1 Å². The Morgan fingerprint density at radius 2 is 0.899 bits per heavy atom. The highest BCUT2D eigenvalue weighted by molar-refractivity contribution is 7.59. The highest BCUT2D eigenvalue weighted by Crippen LogP contribution is 2.40. The average Bonchev–Trinajstić information content (AvgIpc) is 3.50. The average molecular weight is 1090 g/mol. The lowest BCUT2D eigenvalue weighted by atomic mass is 9.86. The summed E-state index contributed by atoms with van der Waals surface area (Å²) in [4.78, 5) is 12.3. The molecule has 6 aromatic rings. The lowest BCUT2D eigenvalue weighted by Gasteiger charge is -2.37. The molecule has 6 aromatic carbocycles. The summed E-state index contributed by atoms with van der Waals surface area (Å²) in [6.07, 6.45) is 16.7. The van der Waals surface area contributed by atoms with E-state index in [1.54, 1.807) is 0 Å². The fourth-order valence-corrected chi connectivity index (χ4v) is 12.4. The topological polar surface area (TPSA) is 70.4 Å². The first-order chi connectivity index (χ1) is 38.4. The van der Waals surface area contributed by atoms with Crippen LogP contribution in [0.5, 0.6) is 0 Å². The fraction of sp³-hybridized carbons (Fsp3) is 0.364. The first-order valence-corrected chi connectivity index (χ1v) is 29.5. The van der Waals surface area contributed by atoms with Crippen LogP contribution < -0.4 is 39.7 Å². The normalized spacial score (nSPS) is 14.3. The lowest BCUT2D eigenvalue weighted by Crippen LogP contribution is -2.44. The van der Waals surface area contributed by atoms with Gasteiger partial charge in [-0.2, -0.15) is 0 Å². The summed E-state index contributed by atoms with van der Waals surface area (Å²) in [7, 11) is -3.11.